The molecule has 0 fully saturated rings. The molecule has 0 amide bonds. The Balaban J connectivity index is 3.64. The van der Waals surface area contributed by atoms with Crippen molar-refractivity contribution >= 4 is 40.8 Å². The van der Waals surface area contributed by atoms with Gasteiger partial charge in [-0.15, -0.1) is 0 Å². The number of hydrogen-bond donors (Lipinski definition) is 0. The van der Waals surface area contributed by atoms with Crippen molar-refractivity contribution in [1.82, 2.24) is 0 Å². The van der Waals surface area contributed by atoms with Gasteiger partial charge in [-0.25, -0.2) is 4.79 Å². The first-order valence-electron chi connectivity index (χ1n) is 2.58. The van der Waals surface area contributed by atoms with E-state index >= 15 is 0 Å². The average molecular weight is 204 g/mol. The molecule has 59 valence electrons. The van der Waals surface area contributed by atoms with Crippen molar-refractivity contribution in [3.8, 4) is 0 Å². The van der Waals surface area contributed by atoms with Crippen LogP contribution < -0.4 is 0 Å². The van der Waals surface area contributed by atoms with Crippen molar-refractivity contribution < 1.29 is 9.53 Å². The van der Waals surface area contributed by atoms with Crippen LogP contribution in [0.4, 0.5) is 0 Å². The van der Waals surface area contributed by atoms with E-state index in [-0.39, 0.29) is 0 Å². The summed E-state index contributed by atoms with van der Waals surface area (Å²) in [6.07, 6.45) is 0.590. The zero-order valence-corrected chi connectivity index (χ0v) is 7.50. The predicted molar refractivity (Wildman–Crippen MR) is 41.0 cm³/mol. The summed E-state index contributed by atoms with van der Waals surface area (Å²) in [6.45, 7) is 3.07. The Hall–Kier alpha value is 0.340. The Morgan fingerprint density at radius 1 is 1.60 bits per heavy atom. The summed E-state index contributed by atoms with van der Waals surface area (Å²) in [7, 11) is 0. The van der Waals surface area contributed by atoms with E-state index in [1.54, 1.807) is 6.92 Å². The zero-order chi connectivity index (χ0) is 8.20. The normalized spacial score (nSPS) is 11.2. The Morgan fingerprint density at radius 3 is 2.40 bits per heavy atom. The molecule has 0 bridgehead atoms. The van der Waals surface area contributed by atoms with Gasteiger partial charge in [0.05, 0.1) is 0 Å². The standard InChI is InChI=1S/C5H6Cl3O2/c1-2-3-10-4(9)5(6,7)8/h3H,2H2,1H3. The van der Waals surface area contributed by atoms with E-state index in [4.69, 9.17) is 34.8 Å². The predicted octanol–water partition coefficient (Wildman–Crippen LogP) is 2.47. The van der Waals surface area contributed by atoms with Crippen LogP contribution >= 0.6 is 34.8 Å². The molecule has 0 spiro atoms. The minimum atomic E-state index is -1.97. The molecule has 0 aliphatic rings. The molecule has 0 saturated carbocycles. The largest absolute Gasteiger partial charge is 0.455 e. The lowest BCUT2D eigenvalue weighted by Crippen LogP contribution is -2.20. The van der Waals surface area contributed by atoms with Crippen molar-refractivity contribution in [1.29, 1.82) is 0 Å². The lowest BCUT2D eigenvalue weighted by atomic mass is 10.5. The summed E-state index contributed by atoms with van der Waals surface area (Å²) < 4.78 is 2.43. The fraction of sp³-hybridized carbons (Fsp3) is 0.600. The molecular formula is C5H6Cl3O2. The molecule has 1 radical (unpaired) electrons. The Labute approximate surface area is 74.4 Å². The maximum atomic E-state index is 10.6. The van der Waals surface area contributed by atoms with Crippen LogP contribution in [0, 0.1) is 6.61 Å². The highest BCUT2D eigenvalue weighted by atomic mass is 35.6. The van der Waals surface area contributed by atoms with Gasteiger partial charge in [-0.2, -0.15) is 0 Å². The van der Waals surface area contributed by atoms with E-state index in [2.05, 4.69) is 4.74 Å². The maximum absolute atomic E-state index is 10.6. The van der Waals surface area contributed by atoms with Gasteiger partial charge in [-0.05, 0) is 6.42 Å². The van der Waals surface area contributed by atoms with Crippen LogP contribution in [0.1, 0.15) is 13.3 Å². The molecule has 0 aliphatic carbocycles. The van der Waals surface area contributed by atoms with Crippen LogP contribution in [0.3, 0.4) is 0 Å². The Kier molecular flexibility index (Phi) is 4.41. The van der Waals surface area contributed by atoms with Gasteiger partial charge in [-0.3, -0.25) is 0 Å². The number of esters is 1. The van der Waals surface area contributed by atoms with Crippen LogP contribution in [0.25, 0.3) is 0 Å². The van der Waals surface area contributed by atoms with Gasteiger partial charge < -0.3 is 4.74 Å². The molecule has 0 unspecified atom stereocenters. The van der Waals surface area contributed by atoms with Crippen LogP contribution in [-0.4, -0.2) is 9.76 Å². The topological polar surface area (TPSA) is 26.3 Å². The molecule has 0 rings (SSSR count). The summed E-state index contributed by atoms with van der Waals surface area (Å²) in [5, 5.41) is 0. The minimum Gasteiger partial charge on any atom is -0.455 e. The van der Waals surface area contributed by atoms with Crippen molar-refractivity contribution in [3.05, 3.63) is 6.61 Å². The molecular weight excluding hydrogens is 198 g/mol. The highest BCUT2D eigenvalue weighted by molar-refractivity contribution is 6.75. The third kappa shape index (κ3) is 4.20. The summed E-state index contributed by atoms with van der Waals surface area (Å²) in [6, 6.07) is 0. The second-order valence-corrected chi connectivity index (χ2v) is 3.76. The number of hydrogen-bond acceptors (Lipinski definition) is 2. The number of carbonyl (C=O) groups excluding carboxylic acids is 1. The Morgan fingerprint density at radius 2 is 2.10 bits per heavy atom. The Bertz CT molecular complexity index is 119. The number of rotatable bonds is 2. The first kappa shape index (κ1) is 10.3. The summed E-state index contributed by atoms with van der Waals surface area (Å²) in [5.74, 6) is -0.876. The van der Waals surface area contributed by atoms with Gasteiger partial charge in [-0.1, -0.05) is 41.7 Å². The smallest absolute Gasteiger partial charge is 0.358 e. The quantitative estimate of drug-likeness (QED) is 0.510. The molecule has 0 heterocycles. The van der Waals surface area contributed by atoms with E-state index in [1.165, 1.54) is 6.61 Å². The summed E-state index contributed by atoms with van der Waals surface area (Å²) >= 11 is 15.5. The number of alkyl halides is 3. The minimum absolute atomic E-state index is 0.590. The van der Waals surface area contributed by atoms with Crippen molar-refractivity contribution in [2.75, 3.05) is 0 Å². The highest BCUT2D eigenvalue weighted by Crippen LogP contribution is 2.27. The first-order chi connectivity index (χ1) is 4.48. The zero-order valence-electron chi connectivity index (χ0n) is 5.23. The van der Waals surface area contributed by atoms with Crippen molar-refractivity contribution in [2.45, 2.75) is 17.1 Å². The molecule has 5 heteroatoms. The highest BCUT2D eigenvalue weighted by Gasteiger charge is 2.32. The van der Waals surface area contributed by atoms with E-state index in [9.17, 15) is 4.79 Å². The van der Waals surface area contributed by atoms with Crippen LogP contribution in [-0.2, 0) is 9.53 Å². The second kappa shape index (κ2) is 4.27. The number of ether oxygens (including phenoxy) is 1. The van der Waals surface area contributed by atoms with Gasteiger partial charge in [0.1, 0.15) is 6.61 Å². The van der Waals surface area contributed by atoms with Crippen LogP contribution in [0.15, 0.2) is 0 Å². The lowest BCUT2D eigenvalue weighted by molar-refractivity contribution is -0.139. The van der Waals surface area contributed by atoms with Gasteiger partial charge in [0.15, 0.2) is 0 Å². The molecule has 0 aliphatic heterocycles. The molecule has 0 aromatic heterocycles. The number of halogens is 3. The van der Waals surface area contributed by atoms with E-state index < -0.39 is 9.76 Å². The number of carbonyl (C=O) groups is 1. The van der Waals surface area contributed by atoms with Gasteiger partial charge in [0.25, 0.3) is 3.79 Å². The summed E-state index contributed by atoms with van der Waals surface area (Å²) in [4.78, 5) is 10.6. The molecule has 0 aromatic carbocycles. The molecule has 0 aromatic rings. The van der Waals surface area contributed by atoms with Gasteiger partial charge in [0, 0.05) is 0 Å². The SMILES string of the molecule is CC[CH]OC(=O)C(Cl)(Cl)Cl. The van der Waals surface area contributed by atoms with Crippen molar-refractivity contribution in [3.63, 3.8) is 0 Å². The fourth-order valence-electron chi connectivity index (χ4n) is 0.226. The van der Waals surface area contributed by atoms with Gasteiger partial charge in [0.2, 0.25) is 0 Å². The lowest BCUT2D eigenvalue weighted by Gasteiger charge is -2.08. The molecule has 2 nitrogen and oxygen atoms in total. The monoisotopic (exact) mass is 203 g/mol. The third-order valence-corrected chi connectivity index (χ3v) is 1.05. The molecule has 0 N–H and O–H groups in total. The summed E-state index contributed by atoms with van der Waals surface area (Å²) in [5.41, 5.74) is 0. The van der Waals surface area contributed by atoms with Crippen molar-refractivity contribution in [2.24, 2.45) is 0 Å². The fourth-order valence-corrected chi connectivity index (χ4v) is 0.359. The van der Waals surface area contributed by atoms with E-state index in [1.807, 2.05) is 0 Å². The molecule has 0 atom stereocenters. The third-order valence-electron chi connectivity index (χ3n) is 0.588. The first-order valence-corrected chi connectivity index (χ1v) is 3.71. The van der Waals surface area contributed by atoms with E-state index in [0.717, 1.165) is 0 Å². The maximum Gasteiger partial charge on any atom is 0.358 e. The van der Waals surface area contributed by atoms with E-state index in [0.29, 0.717) is 6.42 Å². The van der Waals surface area contributed by atoms with Crippen LogP contribution in [0.2, 0.25) is 0 Å². The molecule has 10 heavy (non-hydrogen) atoms. The van der Waals surface area contributed by atoms with Gasteiger partial charge >= 0.3 is 5.97 Å². The second-order valence-electron chi connectivity index (χ2n) is 1.48. The molecule has 0 saturated heterocycles. The van der Waals surface area contributed by atoms with Crippen LogP contribution in [0.5, 0.6) is 0 Å². The average Bonchev–Trinajstić information content (AvgIpc) is 1.80.